The van der Waals surface area contributed by atoms with Crippen LogP contribution in [-0.4, -0.2) is 28.3 Å². The number of ether oxygens (including phenoxy) is 1. The minimum atomic E-state index is 0.542. The van der Waals surface area contributed by atoms with Crippen LogP contribution in [0.5, 0.6) is 0 Å². The van der Waals surface area contributed by atoms with Gasteiger partial charge in [0.1, 0.15) is 0 Å². The number of hydrogen-bond acceptors (Lipinski definition) is 5. The molecule has 3 rings (SSSR count). The zero-order chi connectivity index (χ0) is 14.5. The Labute approximate surface area is 124 Å². The fourth-order valence-corrected chi connectivity index (χ4v) is 2.46. The molecular weight excluding hydrogens is 266 g/mol. The van der Waals surface area contributed by atoms with E-state index in [9.17, 15) is 0 Å². The van der Waals surface area contributed by atoms with E-state index < -0.39 is 0 Å². The van der Waals surface area contributed by atoms with Crippen LogP contribution in [0.1, 0.15) is 35.8 Å². The van der Waals surface area contributed by atoms with Gasteiger partial charge >= 0.3 is 0 Å². The van der Waals surface area contributed by atoms with Crippen molar-refractivity contribution in [3.63, 3.8) is 0 Å². The van der Waals surface area contributed by atoms with Crippen molar-refractivity contribution in [2.45, 2.75) is 26.2 Å². The summed E-state index contributed by atoms with van der Waals surface area (Å²) >= 11 is 0. The Balaban J connectivity index is 1.63. The highest BCUT2D eigenvalue weighted by atomic mass is 16.5. The highest BCUT2D eigenvalue weighted by molar-refractivity contribution is 5.66. The molecule has 0 atom stereocenters. The third kappa shape index (κ3) is 3.76. The minimum Gasteiger partial charge on any atom is -0.381 e. The van der Waals surface area contributed by atoms with Crippen molar-refractivity contribution in [1.29, 1.82) is 0 Å². The van der Waals surface area contributed by atoms with Crippen LogP contribution in [-0.2, 0) is 11.2 Å². The number of aromatic nitrogens is 3. The predicted octanol–water partition coefficient (Wildman–Crippen LogP) is 2.91. The average molecular weight is 285 g/mol. The van der Waals surface area contributed by atoms with Crippen LogP contribution in [0.4, 0.5) is 0 Å². The van der Waals surface area contributed by atoms with Crippen LogP contribution in [0, 0.1) is 12.8 Å². The molecule has 2 aromatic heterocycles. The molecule has 1 aliphatic rings. The number of pyridine rings is 1. The summed E-state index contributed by atoms with van der Waals surface area (Å²) in [6.07, 6.45) is 8.60. The second-order valence-corrected chi connectivity index (χ2v) is 5.32. The maximum Gasteiger partial charge on any atom is 0.250 e. The van der Waals surface area contributed by atoms with Gasteiger partial charge in [0.15, 0.2) is 5.82 Å². The lowest BCUT2D eigenvalue weighted by molar-refractivity contribution is 0.0658. The smallest absolute Gasteiger partial charge is 0.250 e. The molecule has 0 radical (unpaired) electrons. The summed E-state index contributed by atoms with van der Waals surface area (Å²) in [4.78, 5) is 8.67. The van der Waals surface area contributed by atoms with Gasteiger partial charge in [-0.3, -0.25) is 4.98 Å². The molecule has 110 valence electrons. The molecule has 0 bridgehead atoms. The zero-order valence-electron chi connectivity index (χ0n) is 12.2. The largest absolute Gasteiger partial charge is 0.381 e. The molecule has 0 saturated carbocycles. The van der Waals surface area contributed by atoms with Crippen molar-refractivity contribution in [3.8, 4) is 0 Å². The summed E-state index contributed by atoms with van der Waals surface area (Å²) in [6.45, 7) is 3.66. The van der Waals surface area contributed by atoms with Gasteiger partial charge in [0.2, 0.25) is 0 Å². The van der Waals surface area contributed by atoms with E-state index in [-0.39, 0.29) is 0 Å². The summed E-state index contributed by atoms with van der Waals surface area (Å²) in [6, 6.07) is 3.93. The van der Waals surface area contributed by atoms with Crippen LogP contribution in [0.3, 0.4) is 0 Å². The molecule has 3 heterocycles. The first kappa shape index (κ1) is 13.9. The Kier molecular flexibility index (Phi) is 4.40. The Morgan fingerprint density at radius 3 is 2.95 bits per heavy atom. The summed E-state index contributed by atoms with van der Waals surface area (Å²) < 4.78 is 10.6. The van der Waals surface area contributed by atoms with Crippen molar-refractivity contribution in [1.82, 2.24) is 15.1 Å². The van der Waals surface area contributed by atoms with Crippen LogP contribution < -0.4 is 0 Å². The molecule has 0 N–H and O–H groups in total. The summed E-state index contributed by atoms with van der Waals surface area (Å²) in [5, 5.41) is 4.05. The molecule has 0 spiro atoms. The zero-order valence-corrected chi connectivity index (χ0v) is 12.2. The summed E-state index contributed by atoms with van der Waals surface area (Å²) in [5.41, 5.74) is 2.04. The molecule has 0 aliphatic carbocycles. The minimum absolute atomic E-state index is 0.542. The number of hydrogen-bond donors (Lipinski definition) is 0. The maximum absolute atomic E-state index is 5.36. The summed E-state index contributed by atoms with van der Waals surface area (Å²) in [7, 11) is 0. The lowest BCUT2D eigenvalue weighted by Gasteiger charge is -2.20. The first-order chi connectivity index (χ1) is 10.3. The number of rotatable bonds is 4. The molecule has 0 aromatic carbocycles. The van der Waals surface area contributed by atoms with Gasteiger partial charge in [-0.2, -0.15) is 4.98 Å². The van der Waals surface area contributed by atoms with Gasteiger partial charge in [0.25, 0.3) is 5.89 Å². The van der Waals surface area contributed by atoms with Crippen LogP contribution in [0.2, 0.25) is 0 Å². The SMILES string of the molecule is Cc1ncccc1/C=C/c1nc(CC2CCOCC2)no1. The normalized spacial score (nSPS) is 16.6. The highest BCUT2D eigenvalue weighted by Gasteiger charge is 2.17. The molecular formula is C16H19N3O2. The first-order valence-corrected chi connectivity index (χ1v) is 7.31. The van der Waals surface area contributed by atoms with E-state index in [4.69, 9.17) is 9.26 Å². The van der Waals surface area contributed by atoms with E-state index in [0.717, 1.165) is 49.6 Å². The van der Waals surface area contributed by atoms with E-state index >= 15 is 0 Å². The van der Waals surface area contributed by atoms with Gasteiger partial charge in [-0.15, -0.1) is 0 Å². The third-order valence-electron chi connectivity index (χ3n) is 3.75. The summed E-state index contributed by atoms with van der Waals surface area (Å²) in [5.74, 6) is 1.93. The third-order valence-corrected chi connectivity index (χ3v) is 3.75. The van der Waals surface area contributed by atoms with E-state index in [1.807, 2.05) is 31.2 Å². The molecule has 2 aromatic rings. The first-order valence-electron chi connectivity index (χ1n) is 7.31. The van der Waals surface area contributed by atoms with Crippen molar-refractivity contribution in [2.75, 3.05) is 13.2 Å². The van der Waals surface area contributed by atoms with Gasteiger partial charge in [0, 0.05) is 37.6 Å². The highest BCUT2D eigenvalue weighted by Crippen LogP contribution is 2.19. The number of aryl methyl sites for hydroxylation is 1. The van der Waals surface area contributed by atoms with Gasteiger partial charge in [-0.1, -0.05) is 11.2 Å². The Bertz CT molecular complexity index is 615. The van der Waals surface area contributed by atoms with Crippen LogP contribution in [0.25, 0.3) is 12.2 Å². The molecule has 21 heavy (non-hydrogen) atoms. The maximum atomic E-state index is 5.36. The van der Waals surface area contributed by atoms with Crippen LogP contribution in [0.15, 0.2) is 22.9 Å². The topological polar surface area (TPSA) is 61.0 Å². The van der Waals surface area contributed by atoms with E-state index in [0.29, 0.717) is 11.8 Å². The van der Waals surface area contributed by atoms with Crippen molar-refractivity contribution in [2.24, 2.45) is 5.92 Å². The lowest BCUT2D eigenvalue weighted by Crippen LogP contribution is -2.18. The Morgan fingerprint density at radius 2 is 2.14 bits per heavy atom. The Morgan fingerprint density at radius 1 is 1.29 bits per heavy atom. The number of nitrogens with zero attached hydrogens (tertiary/aromatic N) is 3. The van der Waals surface area contributed by atoms with Crippen molar-refractivity contribution in [3.05, 3.63) is 41.3 Å². The van der Waals surface area contributed by atoms with Crippen LogP contribution >= 0.6 is 0 Å². The van der Waals surface area contributed by atoms with E-state index in [1.165, 1.54) is 0 Å². The van der Waals surface area contributed by atoms with Crippen molar-refractivity contribution >= 4 is 12.2 Å². The molecule has 1 saturated heterocycles. The van der Waals surface area contributed by atoms with Gasteiger partial charge < -0.3 is 9.26 Å². The average Bonchev–Trinajstić information content (AvgIpc) is 2.95. The monoisotopic (exact) mass is 285 g/mol. The fourth-order valence-electron chi connectivity index (χ4n) is 2.46. The van der Waals surface area contributed by atoms with Gasteiger partial charge in [-0.25, -0.2) is 0 Å². The lowest BCUT2D eigenvalue weighted by atomic mass is 9.96. The predicted molar refractivity (Wildman–Crippen MR) is 79.4 cm³/mol. The molecule has 0 amide bonds. The molecule has 1 aliphatic heterocycles. The fraction of sp³-hybridized carbons (Fsp3) is 0.438. The Hall–Kier alpha value is -2.01. The molecule has 1 fully saturated rings. The molecule has 5 heteroatoms. The van der Waals surface area contributed by atoms with Crippen molar-refractivity contribution < 1.29 is 9.26 Å². The second kappa shape index (κ2) is 6.63. The molecule has 0 unspecified atom stereocenters. The second-order valence-electron chi connectivity index (χ2n) is 5.32. The quantitative estimate of drug-likeness (QED) is 0.864. The van der Waals surface area contributed by atoms with Gasteiger partial charge in [-0.05, 0) is 43.4 Å². The van der Waals surface area contributed by atoms with E-state index in [1.54, 1.807) is 6.20 Å². The molecule has 5 nitrogen and oxygen atoms in total. The van der Waals surface area contributed by atoms with E-state index in [2.05, 4.69) is 15.1 Å². The van der Waals surface area contributed by atoms with Gasteiger partial charge in [0.05, 0.1) is 0 Å². The standard InChI is InChI=1S/C16H19N3O2/c1-12-14(3-2-8-17-12)4-5-16-18-15(19-21-16)11-13-6-9-20-10-7-13/h2-5,8,13H,6-7,9-11H2,1H3/b5-4+.